The monoisotopic (exact) mass is 484 g/mol. The van der Waals surface area contributed by atoms with Gasteiger partial charge in [0.25, 0.3) is 0 Å². The van der Waals surface area contributed by atoms with Crippen LogP contribution in [0.4, 0.5) is 5.69 Å². The fraction of sp³-hybridized carbons (Fsp3) is 0.536. The normalized spacial score (nSPS) is 17.8. The number of aliphatic carboxylic acids is 1. The molecule has 0 radical (unpaired) electrons. The number of carbonyl (C=O) groups is 1. The third-order valence-electron chi connectivity index (χ3n) is 6.57. The van der Waals surface area contributed by atoms with E-state index >= 15 is 0 Å². The summed E-state index contributed by atoms with van der Waals surface area (Å²) in [6.07, 6.45) is 0.107. The Morgan fingerprint density at radius 2 is 1.91 bits per heavy atom. The van der Waals surface area contributed by atoms with E-state index in [9.17, 15) is 9.90 Å². The Hall–Kier alpha value is -2.77. The van der Waals surface area contributed by atoms with E-state index in [0.717, 1.165) is 36.6 Å². The number of aliphatic hydroxyl groups is 1. The first-order valence-electron chi connectivity index (χ1n) is 12.4. The van der Waals surface area contributed by atoms with Crippen molar-refractivity contribution in [3.8, 4) is 11.5 Å². The molecule has 1 heterocycles. The van der Waals surface area contributed by atoms with Crippen LogP contribution in [0, 0.1) is 0 Å². The van der Waals surface area contributed by atoms with Gasteiger partial charge in [-0.05, 0) is 54.2 Å². The van der Waals surface area contributed by atoms with Crippen molar-refractivity contribution < 1.29 is 24.5 Å². The maximum Gasteiger partial charge on any atom is 0.306 e. The molecule has 2 aromatic carbocycles. The SMILES string of the molecule is COc1ccc(CC(O)CN2CCN(c3ccccc3OCCC(=O)O)CC2C)c(C(C)(C)C)c1. The number of piperazine rings is 1. The van der Waals surface area contributed by atoms with Crippen molar-refractivity contribution in [2.75, 3.05) is 44.8 Å². The van der Waals surface area contributed by atoms with Crippen LogP contribution in [0.2, 0.25) is 0 Å². The molecular formula is C28H40N2O5. The van der Waals surface area contributed by atoms with Gasteiger partial charge in [0.15, 0.2) is 0 Å². The van der Waals surface area contributed by atoms with Crippen LogP contribution in [0.15, 0.2) is 42.5 Å². The van der Waals surface area contributed by atoms with Gasteiger partial charge in [0, 0.05) is 32.2 Å². The molecule has 2 aromatic rings. The van der Waals surface area contributed by atoms with Crippen molar-refractivity contribution in [2.45, 2.75) is 58.1 Å². The Kier molecular flexibility index (Phi) is 9.03. The van der Waals surface area contributed by atoms with Gasteiger partial charge in [0.2, 0.25) is 0 Å². The summed E-state index contributed by atoms with van der Waals surface area (Å²) in [7, 11) is 1.68. The average molecular weight is 485 g/mol. The number of rotatable bonds is 10. The minimum absolute atomic E-state index is 0.0263. The van der Waals surface area contributed by atoms with Gasteiger partial charge < -0.3 is 24.6 Å². The first kappa shape index (κ1) is 26.8. The number of methoxy groups -OCH3 is 1. The lowest BCUT2D eigenvalue weighted by molar-refractivity contribution is -0.137. The van der Waals surface area contributed by atoms with Crippen molar-refractivity contribution in [2.24, 2.45) is 0 Å². The Bertz CT molecular complexity index is 988. The van der Waals surface area contributed by atoms with Gasteiger partial charge in [0.1, 0.15) is 11.5 Å². The number of β-amino-alcohol motifs (C(OH)–C–C–N with tert-alkyl or cyclic N) is 1. The van der Waals surface area contributed by atoms with E-state index in [2.05, 4.69) is 49.6 Å². The number of carboxylic acid groups (broad SMARTS) is 1. The third-order valence-corrected chi connectivity index (χ3v) is 6.57. The van der Waals surface area contributed by atoms with Gasteiger partial charge in [-0.25, -0.2) is 0 Å². The number of nitrogens with zero attached hydrogens (tertiary/aromatic N) is 2. The predicted molar refractivity (Wildman–Crippen MR) is 139 cm³/mol. The maximum absolute atomic E-state index is 11.0. The smallest absolute Gasteiger partial charge is 0.306 e. The number of carboxylic acids is 1. The van der Waals surface area contributed by atoms with Crippen molar-refractivity contribution in [3.05, 3.63) is 53.6 Å². The summed E-state index contributed by atoms with van der Waals surface area (Å²) in [5, 5.41) is 19.9. The fourth-order valence-corrected chi connectivity index (χ4v) is 4.72. The summed E-state index contributed by atoms with van der Waals surface area (Å²) in [5.41, 5.74) is 3.30. The Balaban J connectivity index is 1.61. The molecule has 1 aliphatic rings. The zero-order valence-electron chi connectivity index (χ0n) is 21.7. The molecule has 1 fully saturated rings. The second-order valence-corrected chi connectivity index (χ2v) is 10.4. The first-order valence-corrected chi connectivity index (χ1v) is 12.4. The summed E-state index contributed by atoms with van der Waals surface area (Å²) < 4.78 is 11.2. The minimum atomic E-state index is -0.868. The average Bonchev–Trinajstić information content (AvgIpc) is 2.80. The largest absolute Gasteiger partial charge is 0.497 e. The molecule has 3 rings (SSSR count). The number of para-hydroxylation sites is 2. The van der Waals surface area contributed by atoms with Crippen LogP contribution < -0.4 is 14.4 Å². The van der Waals surface area contributed by atoms with E-state index < -0.39 is 12.1 Å². The molecule has 0 bridgehead atoms. The fourth-order valence-electron chi connectivity index (χ4n) is 4.72. The molecule has 0 aromatic heterocycles. The minimum Gasteiger partial charge on any atom is -0.497 e. The lowest BCUT2D eigenvalue weighted by Crippen LogP contribution is -2.54. The zero-order valence-corrected chi connectivity index (χ0v) is 21.7. The molecule has 0 spiro atoms. The van der Waals surface area contributed by atoms with Gasteiger partial charge in [-0.3, -0.25) is 9.69 Å². The molecule has 2 atom stereocenters. The topological polar surface area (TPSA) is 82.5 Å². The summed E-state index contributed by atoms with van der Waals surface area (Å²) >= 11 is 0. The molecule has 1 aliphatic heterocycles. The number of hydrogen-bond acceptors (Lipinski definition) is 6. The van der Waals surface area contributed by atoms with E-state index in [1.807, 2.05) is 30.3 Å². The lowest BCUT2D eigenvalue weighted by atomic mass is 9.82. The summed E-state index contributed by atoms with van der Waals surface area (Å²) in [5.74, 6) is 0.682. The highest BCUT2D eigenvalue weighted by Gasteiger charge is 2.28. The molecule has 35 heavy (non-hydrogen) atoms. The van der Waals surface area contributed by atoms with E-state index in [-0.39, 0.29) is 24.5 Å². The highest BCUT2D eigenvalue weighted by atomic mass is 16.5. The van der Waals surface area contributed by atoms with E-state index in [0.29, 0.717) is 18.7 Å². The Labute approximate surface area is 209 Å². The van der Waals surface area contributed by atoms with Gasteiger partial charge in [0.05, 0.1) is 31.9 Å². The predicted octanol–water partition coefficient (Wildman–Crippen LogP) is 3.96. The van der Waals surface area contributed by atoms with E-state index in [1.165, 1.54) is 5.56 Å². The van der Waals surface area contributed by atoms with Crippen molar-refractivity contribution in [3.63, 3.8) is 0 Å². The molecule has 2 unspecified atom stereocenters. The van der Waals surface area contributed by atoms with Crippen molar-refractivity contribution >= 4 is 11.7 Å². The van der Waals surface area contributed by atoms with Crippen LogP contribution in [0.25, 0.3) is 0 Å². The van der Waals surface area contributed by atoms with Crippen LogP contribution in [-0.2, 0) is 16.6 Å². The van der Waals surface area contributed by atoms with E-state index in [1.54, 1.807) is 7.11 Å². The van der Waals surface area contributed by atoms with Crippen LogP contribution >= 0.6 is 0 Å². The highest BCUT2D eigenvalue weighted by molar-refractivity contribution is 5.67. The van der Waals surface area contributed by atoms with Crippen LogP contribution in [0.5, 0.6) is 11.5 Å². The quantitative estimate of drug-likeness (QED) is 0.528. The Morgan fingerprint density at radius 1 is 1.17 bits per heavy atom. The second-order valence-electron chi connectivity index (χ2n) is 10.4. The molecule has 0 aliphatic carbocycles. The first-order chi connectivity index (χ1) is 16.6. The van der Waals surface area contributed by atoms with Crippen molar-refractivity contribution in [1.29, 1.82) is 0 Å². The summed E-state index contributed by atoms with van der Waals surface area (Å²) in [6.45, 7) is 11.9. The standard InChI is InChI=1S/C28H40N2O5/c1-20-18-30(25-8-6-7-9-26(25)35-15-12-27(32)33)14-13-29(20)19-22(31)16-21-10-11-23(34-5)17-24(21)28(2,3)4/h6-11,17,20,22,31H,12-16,18-19H2,1-5H3,(H,32,33). The van der Waals surface area contributed by atoms with Gasteiger partial charge in [-0.2, -0.15) is 0 Å². The number of aliphatic hydroxyl groups excluding tert-OH is 1. The van der Waals surface area contributed by atoms with Crippen LogP contribution in [0.3, 0.4) is 0 Å². The number of ether oxygens (including phenoxy) is 2. The highest BCUT2D eigenvalue weighted by Crippen LogP contribution is 2.32. The molecule has 192 valence electrons. The summed E-state index contributed by atoms with van der Waals surface area (Å²) in [6, 6.07) is 14.2. The van der Waals surface area contributed by atoms with Crippen LogP contribution in [-0.4, -0.2) is 73.1 Å². The third kappa shape index (κ3) is 7.36. The zero-order chi connectivity index (χ0) is 25.6. The van der Waals surface area contributed by atoms with Crippen molar-refractivity contribution in [1.82, 2.24) is 4.90 Å². The molecule has 0 saturated carbocycles. The molecule has 7 heteroatoms. The number of hydrogen-bond donors (Lipinski definition) is 2. The van der Waals surface area contributed by atoms with Crippen LogP contribution in [0.1, 0.15) is 45.2 Å². The van der Waals surface area contributed by atoms with Gasteiger partial charge in [-0.15, -0.1) is 0 Å². The molecule has 2 N–H and O–H groups in total. The van der Waals surface area contributed by atoms with Gasteiger partial charge in [-0.1, -0.05) is 39.0 Å². The molecule has 0 amide bonds. The maximum atomic E-state index is 11.0. The summed E-state index contributed by atoms with van der Waals surface area (Å²) in [4.78, 5) is 15.5. The lowest BCUT2D eigenvalue weighted by Gasteiger charge is -2.42. The molecular weight excluding hydrogens is 444 g/mol. The number of benzene rings is 2. The van der Waals surface area contributed by atoms with E-state index in [4.69, 9.17) is 14.6 Å². The van der Waals surface area contributed by atoms with Gasteiger partial charge >= 0.3 is 5.97 Å². The molecule has 1 saturated heterocycles. The second kappa shape index (κ2) is 11.8. The number of anilines is 1. The Morgan fingerprint density at radius 3 is 2.57 bits per heavy atom. The molecule has 7 nitrogen and oxygen atoms in total.